The molecule has 6 heteroatoms. The summed E-state index contributed by atoms with van der Waals surface area (Å²) in [5, 5.41) is 15.7. The molecule has 2 saturated heterocycles. The second-order valence-electron chi connectivity index (χ2n) is 10.9. The van der Waals surface area contributed by atoms with Crippen molar-refractivity contribution in [3.63, 3.8) is 0 Å². The van der Waals surface area contributed by atoms with Crippen molar-refractivity contribution in [1.82, 2.24) is 21.3 Å². The predicted molar refractivity (Wildman–Crippen MR) is 134 cm³/mol. The van der Waals surface area contributed by atoms with Crippen molar-refractivity contribution in [3.8, 4) is 0 Å². The maximum absolute atomic E-state index is 3.85. The molecule has 0 spiro atoms. The second-order valence-corrected chi connectivity index (χ2v) is 15.8. The van der Waals surface area contributed by atoms with Crippen LogP contribution >= 0.6 is 17.2 Å². The molecular formula is C23H44N4P2. The fourth-order valence-electron chi connectivity index (χ4n) is 5.52. The molecule has 0 radical (unpaired) electrons. The van der Waals surface area contributed by atoms with Gasteiger partial charge in [0.05, 0.1) is 0 Å². The Morgan fingerprint density at radius 1 is 0.897 bits per heavy atom. The third kappa shape index (κ3) is 5.33. The molecule has 4 unspecified atom stereocenters. The van der Waals surface area contributed by atoms with Crippen molar-refractivity contribution in [3.05, 3.63) is 23.8 Å². The quantitative estimate of drug-likeness (QED) is 0.499. The Bertz CT molecular complexity index is 573. The maximum atomic E-state index is 3.85. The first kappa shape index (κ1) is 23.8. The SMILES string of the molecule is CC(C)(C)P(CC1C=CC=C1C(P)(C1CNCCN1)C1CNCCN1)C(C)(C)C. The Morgan fingerprint density at radius 2 is 1.41 bits per heavy atom. The monoisotopic (exact) mass is 438 g/mol. The molecule has 29 heavy (non-hydrogen) atoms. The summed E-state index contributed by atoms with van der Waals surface area (Å²) in [4.78, 5) is 0. The molecule has 0 saturated carbocycles. The smallest absolute Gasteiger partial charge is 0.0395 e. The van der Waals surface area contributed by atoms with Crippen LogP contribution in [0.1, 0.15) is 41.5 Å². The first-order valence-corrected chi connectivity index (χ1v) is 13.5. The Morgan fingerprint density at radius 3 is 1.83 bits per heavy atom. The minimum absolute atomic E-state index is 0.00573. The highest BCUT2D eigenvalue weighted by Gasteiger charge is 2.48. The van der Waals surface area contributed by atoms with Crippen LogP contribution < -0.4 is 21.3 Å². The topological polar surface area (TPSA) is 48.1 Å². The van der Waals surface area contributed by atoms with Gasteiger partial charge in [-0.3, -0.25) is 0 Å². The highest BCUT2D eigenvalue weighted by molar-refractivity contribution is 7.60. The lowest BCUT2D eigenvalue weighted by molar-refractivity contribution is 0.273. The Labute approximate surface area is 182 Å². The van der Waals surface area contributed by atoms with Crippen LogP contribution in [0.5, 0.6) is 0 Å². The first-order valence-electron chi connectivity index (χ1n) is 11.4. The Balaban J connectivity index is 1.90. The van der Waals surface area contributed by atoms with Crippen LogP contribution in [-0.2, 0) is 0 Å². The molecule has 4 nitrogen and oxygen atoms in total. The van der Waals surface area contributed by atoms with Crippen LogP contribution in [0, 0.1) is 5.92 Å². The molecule has 2 heterocycles. The standard InChI is InChI=1S/C23H44N4P2/c1-21(2,3)29(22(4,5)6)16-17-8-7-9-18(17)23(28,19-14-24-10-12-26-19)20-15-25-11-13-27-20/h7-9,17,19-20,24-27H,10-16,28H2,1-6H3. The zero-order valence-corrected chi connectivity index (χ0v) is 21.5. The zero-order chi connectivity index (χ0) is 21.3. The van der Waals surface area contributed by atoms with Crippen molar-refractivity contribution in [2.24, 2.45) is 5.92 Å². The van der Waals surface area contributed by atoms with Gasteiger partial charge in [-0.15, -0.1) is 9.24 Å². The van der Waals surface area contributed by atoms with Gasteiger partial charge in [-0.2, -0.15) is 0 Å². The molecule has 0 aromatic heterocycles. The molecule has 3 aliphatic rings. The molecule has 2 aliphatic heterocycles. The fraction of sp³-hybridized carbons (Fsp3) is 0.826. The molecule has 1 aliphatic carbocycles. The zero-order valence-electron chi connectivity index (χ0n) is 19.4. The minimum Gasteiger partial charge on any atom is -0.314 e. The van der Waals surface area contributed by atoms with E-state index in [1.54, 1.807) is 5.57 Å². The molecule has 2 fully saturated rings. The van der Waals surface area contributed by atoms with Gasteiger partial charge in [-0.25, -0.2) is 0 Å². The number of nitrogens with one attached hydrogen (secondary N) is 4. The molecule has 0 aromatic rings. The summed E-state index contributed by atoms with van der Waals surface area (Å²) >= 11 is 0. The van der Waals surface area contributed by atoms with E-state index in [0.717, 1.165) is 39.3 Å². The number of hydrogen-bond donors (Lipinski definition) is 4. The second kappa shape index (κ2) is 9.35. The third-order valence-corrected chi connectivity index (χ3v) is 11.9. The summed E-state index contributed by atoms with van der Waals surface area (Å²) in [7, 11) is 3.20. The van der Waals surface area contributed by atoms with Gasteiger partial charge >= 0.3 is 0 Å². The van der Waals surface area contributed by atoms with E-state index in [-0.39, 0.29) is 13.1 Å². The van der Waals surface area contributed by atoms with Crippen LogP contribution in [0.3, 0.4) is 0 Å². The van der Waals surface area contributed by atoms with Crippen LogP contribution in [0.15, 0.2) is 23.8 Å². The van der Waals surface area contributed by atoms with Crippen molar-refractivity contribution < 1.29 is 0 Å². The molecule has 0 aromatic carbocycles. The van der Waals surface area contributed by atoms with Gasteiger partial charge in [-0.05, 0) is 22.0 Å². The van der Waals surface area contributed by atoms with Crippen LogP contribution in [0.2, 0.25) is 0 Å². The summed E-state index contributed by atoms with van der Waals surface area (Å²) in [6.07, 6.45) is 8.52. The molecule has 166 valence electrons. The fourth-order valence-corrected chi connectivity index (χ4v) is 10.1. The van der Waals surface area contributed by atoms with Crippen molar-refractivity contribution in [2.45, 2.75) is 69.1 Å². The average molecular weight is 439 g/mol. The maximum Gasteiger partial charge on any atom is 0.0395 e. The van der Waals surface area contributed by atoms with Crippen molar-refractivity contribution in [2.75, 3.05) is 45.4 Å². The van der Waals surface area contributed by atoms with Crippen LogP contribution in [0.4, 0.5) is 0 Å². The van der Waals surface area contributed by atoms with E-state index in [2.05, 4.69) is 90.3 Å². The largest absolute Gasteiger partial charge is 0.314 e. The van der Waals surface area contributed by atoms with Gasteiger partial charge in [-0.1, -0.05) is 67.7 Å². The van der Waals surface area contributed by atoms with Crippen molar-refractivity contribution >= 4 is 17.2 Å². The molecular weight excluding hydrogens is 394 g/mol. The summed E-state index contributed by atoms with van der Waals surface area (Å²) in [5.41, 5.74) is 1.60. The molecule has 0 bridgehead atoms. The molecule has 3 rings (SSSR count). The number of allylic oxidation sites excluding steroid dienone is 3. The van der Waals surface area contributed by atoms with E-state index in [4.69, 9.17) is 0 Å². The highest BCUT2D eigenvalue weighted by Crippen LogP contribution is 2.61. The number of piperazine rings is 2. The molecule has 0 amide bonds. The van der Waals surface area contributed by atoms with E-state index in [1.807, 2.05) is 0 Å². The first-order chi connectivity index (χ1) is 13.5. The van der Waals surface area contributed by atoms with Gasteiger partial charge < -0.3 is 21.3 Å². The van der Waals surface area contributed by atoms with E-state index in [0.29, 0.717) is 28.3 Å². The summed E-state index contributed by atoms with van der Waals surface area (Å²) in [6.45, 7) is 20.9. The van der Waals surface area contributed by atoms with E-state index >= 15 is 0 Å². The number of hydrogen-bond acceptors (Lipinski definition) is 4. The highest BCUT2D eigenvalue weighted by atomic mass is 31.1. The van der Waals surface area contributed by atoms with Crippen molar-refractivity contribution in [1.29, 1.82) is 0 Å². The Kier molecular flexibility index (Phi) is 7.69. The van der Waals surface area contributed by atoms with Crippen LogP contribution in [-0.4, -0.2) is 73.0 Å². The minimum atomic E-state index is -0.136. The lowest BCUT2D eigenvalue weighted by Gasteiger charge is -2.51. The normalized spacial score (nSPS) is 31.0. The van der Waals surface area contributed by atoms with Gasteiger partial charge in [0.1, 0.15) is 0 Å². The summed E-state index contributed by atoms with van der Waals surface area (Å²) < 4.78 is 0. The van der Waals surface area contributed by atoms with E-state index in [9.17, 15) is 0 Å². The third-order valence-electron chi connectivity index (χ3n) is 6.75. The van der Waals surface area contributed by atoms with Gasteiger partial charge in [0.25, 0.3) is 0 Å². The van der Waals surface area contributed by atoms with Gasteiger partial charge in [0.15, 0.2) is 0 Å². The van der Waals surface area contributed by atoms with Gasteiger partial charge in [0.2, 0.25) is 0 Å². The lowest BCUT2D eigenvalue weighted by Crippen LogP contribution is -2.69. The Hall–Kier alpha value is 0.180. The molecule has 4 N–H and O–H groups in total. The molecule has 4 atom stereocenters. The number of rotatable bonds is 5. The predicted octanol–water partition coefficient (Wildman–Crippen LogP) is 2.91. The summed E-state index contributed by atoms with van der Waals surface area (Å²) in [6, 6.07) is 0.839. The summed E-state index contributed by atoms with van der Waals surface area (Å²) in [5.74, 6) is 0.532. The lowest BCUT2D eigenvalue weighted by atomic mass is 9.78. The van der Waals surface area contributed by atoms with Crippen LogP contribution in [0.25, 0.3) is 0 Å². The van der Waals surface area contributed by atoms with E-state index < -0.39 is 0 Å². The van der Waals surface area contributed by atoms with Gasteiger partial charge in [0, 0.05) is 62.4 Å². The van der Waals surface area contributed by atoms with E-state index in [1.165, 1.54) is 6.16 Å². The average Bonchev–Trinajstić information content (AvgIpc) is 3.14.